The van der Waals surface area contributed by atoms with Crippen LogP contribution in [0.2, 0.25) is 5.02 Å². The first-order valence-corrected chi connectivity index (χ1v) is 5.35. The first kappa shape index (κ1) is 10.3. The topological polar surface area (TPSA) is 76.2 Å². The number of cyclic esters (lactones) is 1. The van der Waals surface area contributed by atoms with E-state index in [4.69, 9.17) is 27.5 Å². The predicted octanol–water partition coefficient (Wildman–Crippen LogP) is 2.14. The van der Waals surface area contributed by atoms with Crippen LogP contribution in [0.15, 0.2) is 18.2 Å². The zero-order chi connectivity index (χ0) is 11.0. The summed E-state index contributed by atoms with van der Waals surface area (Å²) in [6.45, 7) is 0. The minimum atomic E-state index is -0.526. The number of amidine groups is 1. The van der Waals surface area contributed by atoms with E-state index in [-0.39, 0.29) is 5.17 Å². The molecule has 4 nitrogen and oxygen atoms in total. The van der Waals surface area contributed by atoms with E-state index in [2.05, 4.69) is 0 Å². The summed E-state index contributed by atoms with van der Waals surface area (Å²) in [7, 11) is 0. The van der Waals surface area contributed by atoms with E-state index in [9.17, 15) is 4.79 Å². The van der Waals surface area contributed by atoms with Crippen molar-refractivity contribution in [1.29, 1.82) is 5.41 Å². The van der Waals surface area contributed by atoms with Crippen molar-refractivity contribution in [1.82, 2.24) is 0 Å². The Morgan fingerprint density at radius 2 is 2.33 bits per heavy atom. The fourth-order valence-corrected chi connectivity index (χ4v) is 2.21. The number of nitrogens with two attached hydrogens (primary N) is 1. The molecule has 2 rings (SSSR count). The van der Waals surface area contributed by atoms with Crippen LogP contribution in [0.1, 0.15) is 21.4 Å². The van der Waals surface area contributed by atoms with Crippen molar-refractivity contribution >= 4 is 34.5 Å². The van der Waals surface area contributed by atoms with E-state index in [1.165, 1.54) is 0 Å². The van der Waals surface area contributed by atoms with Gasteiger partial charge in [0.05, 0.1) is 5.56 Å². The molecule has 1 aliphatic heterocycles. The van der Waals surface area contributed by atoms with Gasteiger partial charge < -0.3 is 10.5 Å². The number of nitrogens with one attached hydrogen (secondary N) is 1. The number of carbonyl (C=O) groups excluding carboxylic acids is 1. The second kappa shape index (κ2) is 3.75. The second-order valence-electron chi connectivity index (χ2n) is 2.95. The Labute approximate surface area is 95.2 Å². The summed E-state index contributed by atoms with van der Waals surface area (Å²) in [6, 6.07) is 4.94. The summed E-state index contributed by atoms with van der Waals surface area (Å²) in [6.07, 6.45) is 0. The predicted molar refractivity (Wildman–Crippen MR) is 59.1 cm³/mol. The molecule has 1 heterocycles. The molecule has 78 valence electrons. The Hall–Kier alpha value is -1.20. The van der Waals surface area contributed by atoms with Crippen LogP contribution in [0, 0.1) is 5.41 Å². The van der Waals surface area contributed by atoms with Crippen molar-refractivity contribution in [2.45, 2.75) is 5.44 Å². The van der Waals surface area contributed by atoms with Gasteiger partial charge in [-0.25, -0.2) is 4.79 Å². The van der Waals surface area contributed by atoms with Gasteiger partial charge >= 0.3 is 5.97 Å². The van der Waals surface area contributed by atoms with Gasteiger partial charge in [0, 0.05) is 10.6 Å². The average Bonchev–Trinajstić information content (AvgIpc) is 2.42. The zero-order valence-electron chi connectivity index (χ0n) is 7.49. The molecule has 0 radical (unpaired) electrons. The zero-order valence-corrected chi connectivity index (χ0v) is 9.06. The van der Waals surface area contributed by atoms with E-state index >= 15 is 0 Å². The van der Waals surface area contributed by atoms with E-state index < -0.39 is 11.4 Å². The summed E-state index contributed by atoms with van der Waals surface area (Å²) in [5.74, 6) is -0.425. The van der Waals surface area contributed by atoms with Gasteiger partial charge in [0.15, 0.2) is 10.6 Å². The van der Waals surface area contributed by atoms with Gasteiger partial charge in [0.25, 0.3) is 0 Å². The van der Waals surface area contributed by atoms with Crippen molar-refractivity contribution in [3.05, 3.63) is 34.3 Å². The van der Waals surface area contributed by atoms with Crippen molar-refractivity contribution in [3.8, 4) is 0 Å². The van der Waals surface area contributed by atoms with Gasteiger partial charge in [-0.15, -0.1) is 0 Å². The Morgan fingerprint density at radius 3 is 3.00 bits per heavy atom. The minimum absolute atomic E-state index is 0.0874. The lowest BCUT2D eigenvalue weighted by Crippen LogP contribution is -2.07. The van der Waals surface area contributed by atoms with Crippen molar-refractivity contribution < 1.29 is 9.53 Å². The molecule has 1 atom stereocenters. The quantitative estimate of drug-likeness (QED) is 0.449. The van der Waals surface area contributed by atoms with Crippen LogP contribution >= 0.6 is 23.4 Å². The Kier molecular flexibility index (Phi) is 2.58. The number of carbonyl (C=O) groups is 1. The van der Waals surface area contributed by atoms with E-state index in [0.29, 0.717) is 16.1 Å². The lowest BCUT2D eigenvalue weighted by Gasteiger charge is -2.07. The maximum absolute atomic E-state index is 11.4. The van der Waals surface area contributed by atoms with Crippen LogP contribution < -0.4 is 5.73 Å². The molecule has 0 amide bonds. The van der Waals surface area contributed by atoms with E-state index in [0.717, 1.165) is 11.8 Å². The Morgan fingerprint density at radius 1 is 1.60 bits per heavy atom. The molecule has 15 heavy (non-hydrogen) atoms. The summed E-state index contributed by atoms with van der Waals surface area (Å²) < 4.78 is 5.04. The molecule has 3 N–H and O–H groups in total. The summed E-state index contributed by atoms with van der Waals surface area (Å²) in [5, 5.41) is 7.53. The lowest BCUT2D eigenvalue weighted by molar-refractivity contribution is 0.0523. The van der Waals surface area contributed by atoms with Crippen molar-refractivity contribution in [2.24, 2.45) is 5.73 Å². The maximum atomic E-state index is 11.4. The van der Waals surface area contributed by atoms with Crippen molar-refractivity contribution in [3.63, 3.8) is 0 Å². The number of ether oxygens (including phenoxy) is 1. The van der Waals surface area contributed by atoms with Crippen LogP contribution in [0.5, 0.6) is 0 Å². The van der Waals surface area contributed by atoms with Crippen LogP contribution in [-0.4, -0.2) is 11.1 Å². The number of hydrogen-bond acceptors (Lipinski definition) is 4. The first-order chi connectivity index (χ1) is 7.08. The van der Waals surface area contributed by atoms with Crippen LogP contribution in [-0.2, 0) is 4.74 Å². The highest BCUT2D eigenvalue weighted by molar-refractivity contribution is 8.13. The lowest BCUT2D eigenvalue weighted by atomic mass is 10.1. The molecule has 0 fully saturated rings. The number of rotatable bonds is 1. The standard InChI is InChI=1S/C9H7ClN2O2S/c10-4-1-2-5-6(3-4)7(13)14-8(5)15-9(11)12/h1-3,8H,(H3,11,12). The largest absolute Gasteiger partial charge is 0.442 e. The highest BCUT2D eigenvalue weighted by atomic mass is 35.5. The fourth-order valence-electron chi connectivity index (χ4n) is 1.34. The van der Waals surface area contributed by atoms with Gasteiger partial charge in [-0.2, -0.15) is 0 Å². The van der Waals surface area contributed by atoms with Crippen LogP contribution in [0.25, 0.3) is 0 Å². The highest BCUT2D eigenvalue weighted by Crippen LogP contribution is 2.39. The average molecular weight is 243 g/mol. The second-order valence-corrected chi connectivity index (χ2v) is 4.49. The molecular formula is C9H7ClN2O2S. The molecule has 0 aliphatic carbocycles. The number of hydrogen-bond donors (Lipinski definition) is 2. The Bertz CT molecular complexity index is 450. The van der Waals surface area contributed by atoms with Gasteiger partial charge in [-0.3, -0.25) is 5.41 Å². The molecule has 1 aliphatic rings. The third kappa shape index (κ3) is 1.93. The number of fused-ring (bicyclic) bond motifs is 1. The monoisotopic (exact) mass is 242 g/mol. The molecule has 0 bridgehead atoms. The fraction of sp³-hybridized carbons (Fsp3) is 0.111. The van der Waals surface area contributed by atoms with Crippen LogP contribution in [0.3, 0.4) is 0 Å². The maximum Gasteiger partial charge on any atom is 0.340 e. The molecule has 6 heteroatoms. The molecule has 0 aromatic heterocycles. The minimum Gasteiger partial charge on any atom is -0.442 e. The number of benzene rings is 1. The Balaban J connectivity index is 2.38. The van der Waals surface area contributed by atoms with Gasteiger partial charge in [0.1, 0.15) is 0 Å². The number of thioether (sulfide) groups is 1. The number of esters is 1. The van der Waals surface area contributed by atoms with E-state index in [1.54, 1.807) is 18.2 Å². The smallest absolute Gasteiger partial charge is 0.340 e. The normalized spacial score (nSPS) is 18.5. The first-order valence-electron chi connectivity index (χ1n) is 4.09. The SMILES string of the molecule is N=C(N)SC1OC(=O)c2cc(Cl)ccc21. The number of halogens is 1. The van der Waals surface area contributed by atoms with Crippen molar-refractivity contribution in [2.75, 3.05) is 0 Å². The summed E-state index contributed by atoms with van der Waals surface area (Å²) >= 11 is 6.75. The molecule has 1 unspecified atom stereocenters. The summed E-state index contributed by atoms with van der Waals surface area (Å²) in [5.41, 5.74) is 5.87. The van der Waals surface area contributed by atoms with E-state index in [1.807, 2.05) is 0 Å². The van der Waals surface area contributed by atoms with Crippen LogP contribution in [0.4, 0.5) is 0 Å². The molecular weight excluding hydrogens is 236 g/mol. The molecule has 0 saturated heterocycles. The molecule has 0 saturated carbocycles. The highest BCUT2D eigenvalue weighted by Gasteiger charge is 2.32. The van der Waals surface area contributed by atoms with Gasteiger partial charge in [0.2, 0.25) is 0 Å². The summed E-state index contributed by atoms with van der Waals surface area (Å²) in [4.78, 5) is 11.4. The molecule has 0 spiro atoms. The van der Waals surface area contributed by atoms with Gasteiger partial charge in [-0.05, 0) is 23.9 Å². The third-order valence-electron chi connectivity index (χ3n) is 1.94. The molecule has 1 aromatic rings. The van der Waals surface area contributed by atoms with Gasteiger partial charge in [-0.1, -0.05) is 17.7 Å². The molecule has 1 aromatic carbocycles. The third-order valence-corrected chi connectivity index (χ3v) is 2.99.